The standard InChI is InChI=1S/C14H20N2O3S/c1-2-10-7-15-14(20-8-12(17)18)16(10)11-5-6-19-13(11)9-3-4-9/h7,9,11,13H,2-6,8H2,1H3,(H,17,18). The molecule has 5 nitrogen and oxygen atoms in total. The number of ether oxygens (including phenoxy) is 1. The minimum Gasteiger partial charge on any atom is -0.481 e. The monoisotopic (exact) mass is 296 g/mol. The van der Waals surface area contributed by atoms with E-state index in [4.69, 9.17) is 9.84 Å². The first kappa shape index (κ1) is 13.9. The van der Waals surface area contributed by atoms with Gasteiger partial charge >= 0.3 is 5.97 Å². The number of carboxylic acid groups (broad SMARTS) is 1. The van der Waals surface area contributed by atoms with E-state index >= 15 is 0 Å². The first-order chi connectivity index (χ1) is 9.70. The molecule has 0 spiro atoms. The fourth-order valence-corrected chi connectivity index (χ4v) is 3.75. The third-order valence-electron chi connectivity index (χ3n) is 4.05. The normalized spacial score (nSPS) is 26.1. The van der Waals surface area contributed by atoms with Crippen LogP contribution in [0.2, 0.25) is 0 Å². The van der Waals surface area contributed by atoms with E-state index in [0.29, 0.717) is 18.1 Å². The van der Waals surface area contributed by atoms with E-state index < -0.39 is 5.97 Å². The van der Waals surface area contributed by atoms with Crippen LogP contribution in [0.1, 0.15) is 37.9 Å². The number of rotatable bonds is 6. The van der Waals surface area contributed by atoms with Gasteiger partial charge in [-0.1, -0.05) is 18.7 Å². The molecule has 0 amide bonds. The Bertz CT molecular complexity index is 499. The smallest absolute Gasteiger partial charge is 0.313 e. The van der Waals surface area contributed by atoms with E-state index in [1.165, 1.54) is 30.3 Å². The van der Waals surface area contributed by atoms with Crippen molar-refractivity contribution >= 4 is 17.7 Å². The van der Waals surface area contributed by atoms with Crippen LogP contribution in [0.25, 0.3) is 0 Å². The summed E-state index contributed by atoms with van der Waals surface area (Å²) in [7, 11) is 0. The van der Waals surface area contributed by atoms with Gasteiger partial charge in [0.05, 0.1) is 17.9 Å². The van der Waals surface area contributed by atoms with Gasteiger partial charge in [-0.25, -0.2) is 4.98 Å². The molecule has 1 aromatic heterocycles. The van der Waals surface area contributed by atoms with Crippen molar-refractivity contribution in [3.63, 3.8) is 0 Å². The topological polar surface area (TPSA) is 64.3 Å². The molecule has 0 radical (unpaired) electrons. The lowest BCUT2D eigenvalue weighted by atomic mass is 10.1. The molecule has 1 saturated heterocycles. The summed E-state index contributed by atoms with van der Waals surface area (Å²) >= 11 is 1.31. The van der Waals surface area contributed by atoms with Gasteiger partial charge in [-0.3, -0.25) is 4.79 Å². The van der Waals surface area contributed by atoms with Crippen LogP contribution in [0.3, 0.4) is 0 Å². The molecule has 2 atom stereocenters. The number of aliphatic carboxylic acids is 1. The van der Waals surface area contributed by atoms with Crippen LogP contribution in [0, 0.1) is 5.92 Å². The largest absolute Gasteiger partial charge is 0.481 e. The summed E-state index contributed by atoms with van der Waals surface area (Å²) in [4.78, 5) is 15.2. The molecule has 1 aliphatic carbocycles. The lowest BCUT2D eigenvalue weighted by molar-refractivity contribution is -0.133. The molecule has 2 unspecified atom stereocenters. The molecule has 20 heavy (non-hydrogen) atoms. The van der Waals surface area contributed by atoms with Crippen LogP contribution >= 0.6 is 11.8 Å². The highest BCUT2D eigenvalue weighted by molar-refractivity contribution is 7.99. The first-order valence-corrected chi connectivity index (χ1v) is 8.21. The van der Waals surface area contributed by atoms with Gasteiger partial charge in [-0.05, 0) is 31.6 Å². The van der Waals surface area contributed by atoms with E-state index in [1.54, 1.807) is 0 Å². The zero-order valence-corrected chi connectivity index (χ0v) is 12.4. The minimum absolute atomic E-state index is 0.0574. The summed E-state index contributed by atoms with van der Waals surface area (Å²) in [6, 6.07) is 0.330. The summed E-state index contributed by atoms with van der Waals surface area (Å²) in [5.74, 6) is -0.0575. The van der Waals surface area contributed by atoms with Gasteiger partial charge in [0, 0.05) is 18.5 Å². The van der Waals surface area contributed by atoms with Crippen molar-refractivity contribution in [2.45, 2.75) is 49.9 Å². The molecule has 2 heterocycles. The quantitative estimate of drug-likeness (QED) is 0.816. The molecule has 2 aliphatic rings. The molecule has 0 bridgehead atoms. The Labute approximate surface area is 122 Å². The van der Waals surface area contributed by atoms with Crippen molar-refractivity contribution in [3.8, 4) is 0 Å². The fourth-order valence-electron chi connectivity index (χ4n) is 2.98. The molecule has 3 rings (SSSR count). The molecule has 6 heteroatoms. The van der Waals surface area contributed by atoms with Gasteiger partial charge in [0.1, 0.15) is 0 Å². The molecule has 1 saturated carbocycles. The predicted molar refractivity (Wildman–Crippen MR) is 76.1 cm³/mol. The SMILES string of the molecule is CCc1cnc(SCC(=O)O)n1C1CCOC1C1CC1. The third-order valence-corrected chi connectivity index (χ3v) is 5.00. The molecule has 1 aliphatic heterocycles. The van der Waals surface area contributed by atoms with E-state index in [-0.39, 0.29) is 5.75 Å². The van der Waals surface area contributed by atoms with Gasteiger partial charge in [0.15, 0.2) is 5.16 Å². The van der Waals surface area contributed by atoms with Crippen molar-refractivity contribution in [3.05, 3.63) is 11.9 Å². The van der Waals surface area contributed by atoms with Crippen molar-refractivity contribution in [1.29, 1.82) is 0 Å². The number of hydrogen-bond donors (Lipinski definition) is 1. The number of aryl methyl sites for hydroxylation is 1. The van der Waals surface area contributed by atoms with Crippen molar-refractivity contribution in [2.75, 3.05) is 12.4 Å². The minimum atomic E-state index is -0.802. The highest BCUT2D eigenvalue weighted by Crippen LogP contribution is 2.44. The van der Waals surface area contributed by atoms with Crippen molar-refractivity contribution in [2.24, 2.45) is 5.92 Å². The van der Waals surface area contributed by atoms with Crippen LogP contribution < -0.4 is 0 Å². The lowest BCUT2D eigenvalue weighted by Crippen LogP contribution is -2.24. The Hall–Kier alpha value is -1.01. The average Bonchev–Trinajstić information content (AvgIpc) is 3.02. The second-order valence-corrected chi connectivity index (χ2v) is 6.41. The average molecular weight is 296 g/mol. The van der Waals surface area contributed by atoms with Crippen molar-refractivity contribution < 1.29 is 14.6 Å². The summed E-state index contributed by atoms with van der Waals surface area (Å²) in [5, 5.41) is 9.69. The van der Waals surface area contributed by atoms with E-state index in [0.717, 1.165) is 24.6 Å². The number of hydrogen-bond acceptors (Lipinski definition) is 4. The maximum atomic E-state index is 10.8. The second-order valence-electron chi connectivity index (χ2n) is 5.47. The lowest BCUT2D eigenvalue weighted by Gasteiger charge is -2.23. The molecule has 1 N–H and O–H groups in total. The second kappa shape index (κ2) is 5.77. The molecule has 0 aromatic carbocycles. The predicted octanol–water partition coefficient (Wildman–Crippen LogP) is 2.36. The highest BCUT2D eigenvalue weighted by atomic mass is 32.2. The third kappa shape index (κ3) is 2.72. The van der Waals surface area contributed by atoms with Gasteiger partial charge in [-0.2, -0.15) is 0 Å². The number of nitrogens with zero attached hydrogens (tertiary/aromatic N) is 2. The molecular weight excluding hydrogens is 276 g/mol. The Balaban J connectivity index is 1.85. The summed E-state index contributed by atoms with van der Waals surface area (Å²) in [6.07, 6.45) is 6.61. The summed E-state index contributed by atoms with van der Waals surface area (Å²) in [6.45, 7) is 2.91. The van der Waals surface area contributed by atoms with Gasteiger partial charge in [0.2, 0.25) is 0 Å². The van der Waals surface area contributed by atoms with E-state index in [2.05, 4.69) is 16.5 Å². The highest BCUT2D eigenvalue weighted by Gasteiger charge is 2.42. The number of aromatic nitrogens is 2. The Morgan fingerprint density at radius 3 is 3.00 bits per heavy atom. The van der Waals surface area contributed by atoms with Crippen LogP contribution in [-0.2, 0) is 16.0 Å². The van der Waals surface area contributed by atoms with Crippen LogP contribution in [-0.4, -0.2) is 39.1 Å². The molecule has 2 fully saturated rings. The van der Waals surface area contributed by atoms with E-state index in [1.807, 2.05) is 6.20 Å². The Morgan fingerprint density at radius 1 is 1.55 bits per heavy atom. The zero-order chi connectivity index (χ0) is 14.1. The number of thioether (sulfide) groups is 1. The van der Waals surface area contributed by atoms with Crippen LogP contribution in [0.15, 0.2) is 11.4 Å². The number of carbonyl (C=O) groups is 1. The van der Waals surface area contributed by atoms with Gasteiger partial charge in [-0.15, -0.1) is 0 Å². The zero-order valence-electron chi connectivity index (χ0n) is 11.6. The Kier molecular flexibility index (Phi) is 4.03. The van der Waals surface area contributed by atoms with Gasteiger partial charge in [0.25, 0.3) is 0 Å². The maximum absolute atomic E-state index is 10.8. The molecule has 110 valence electrons. The summed E-state index contributed by atoms with van der Waals surface area (Å²) < 4.78 is 8.16. The maximum Gasteiger partial charge on any atom is 0.313 e. The van der Waals surface area contributed by atoms with Crippen LogP contribution in [0.4, 0.5) is 0 Å². The first-order valence-electron chi connectivity index (χ1n) is 7.23. The summed E-state index contributed by atoms with van der Waals surface area (Å²) in [5.41, 5.74) is 1.18. The van der Waals surface area contributed by atoms with Crippen LogP contribution in [0.5, 0.6) is 0 Å². The number of imidazole rings is 1. The molecular formula is C14H20N2O3S. The Morgan fingerprint density at radius 2 is 2.35 bits per heavy atom. The van der Waals surface area contributed by atoms with Gasteiger partial charge < -0.3 is 14.4 Å². The molecule has 1 aromatic rings. The fraction of sp³-hybridized carbons (Fsp3) is 0.714. The number of carboxylic acids is 1. The van der Waals surface area contributed by atoms with Crippen molar-refractivity contribution in [1.82, 2.24) is 9.55 Å². The van der Waals surface area contributed by atoms with E-state index in [9.17, 15) is 4.79 Å².